The number of epoxide rings is 1. The van der Waals surface area contributed by atoms with Crippen molar-refractivity contribution < 1.29 is 63.1 Å². The minimum absolute atomic E-state index is 0.0220. The van der Waals surface area contributed by atoms with Crippen LogP contribution >= 0.6 is 23.4 Å². The van der Waals surface area contributed by atoms with Crippen LogP contribution in [0.1, 0.15) is 96.6 Å². The Bertz CT molecular complexity index is 2180. The maximum Gasteiger partial charge on any atom is 0.409 e. The maximum atomic E-state index is 14.3. The number of amides is 4. The van der Waals surface area contributed by atoms with Crippen molar-refractivity contribution in [1.82, 2.24) is 15.5 Å². The summed E-state index contributed by atoms with van der Waals surface area (Å²) in [6, 6.07) is 2.33. The van der Waals surface area contributed by atoms with Crippen LogP contribution in [0, 0.1) is 29.6 Å². The number of rotatable bonds is 12. The van der Waals surface area contributed by atoms with E-state index in [4.69, 9.17) is 25.8 Å². The van der Waals surface area contributed by atoms with Gasteiger partial charge in [-0.1, -0.05) is 48.4 Å². The van der Waals surface area contributed by atoms with Crippen molar-refractivity contribution in [2.75, 3.05) is 38.4 Å². The number of carbonyl (C=O) groups excluding carboxylic acids is 7. The van der Waals surface area contributed by atoms with Crippen LogP contribution in [0.15, 0.2) is 35.9 Å². The van der Waals surface area contributed by atoms with Crippen LogP contribution < -0.4 is 15.5 Å². The number of ketones is 2. The average molecular weight is 988 g/mol. The van der Waals surface area contributed by atoms with Gasteiger partial charge in [0.15, 0.2) is 11.5 Å². The molecule has 2 saturated heterocycles. The first-order valence-electron chi connectivity index (χ1n) is 23.5. The molecular formula is C49H67ClN4O13S. The lowest BCUT2D eigenvalue weighted by Crippen LogP contribution is -2.62. The molecule has 5 aliphatic rings. The molecule has 4 fully saturated rings. The fourth-order valence-corrected chi connectivity index (χ4v) is 11.6. The van der Waals surface area contributed by atoms with Crippen LogP contribution in [0.4, 0.5) is 10.5 Å². The van der Waals surface area contributed by atoms with Gasteiger partial charge in [0.25, 0.3) is 0 Å². The van der Waals surface area contributed by atoms with Gasteiger partial charge in [-0.05, 0) is 82.4 Å². The highest BCUT2D eigenvalue weighted by Crippen LogP contribution is 2.49. The maximum absolute atomic E-state index is 14.3. The zero-order valence-corrected chi connectivity index (χ0v) is 41.5. The number of aliphatic hydroxyl groups is 3. The molecule has 2 saturated carbocycles. The predicted octanol–water partition coefficient (Wildman–Crippen LogP) is 4.18. The van der Waals surface area contributed by atoms with Crippen LogP contribution in [0.5, 0.6) is 0 Å². The zero-order valence-electron chi connectivity index (χ0n) is 40.0. The van der Waals surface area contributed by atoms with E-state index >= 15 is 0 Å². The number of carbonyl (C=O) groups is 7. The van der Waals surface area contributed by atoms with E-state index in [9.17, 15) is 48.9 Å². The number of benzene rings is 1. The van der Waals surface area contributed by atoms with E-state index in [-0.39, 0.29) is 59.3 Å². The van der Waals surface area contributed by atoms with Gasteiger partial charge in [-0.25, -0.2) is 9.59 Å². The number of esters is 1. The molecule has 3 heterocycles. The van der Waals surface area contributed by atoms with Crippen LogP contribution in [0.25, 0.3) is 0 Å². The summed E-state index contributed by atoms with van der Waals surface area (Å²) < 4.78 is 18.1. The van der Waals surface area contributed by atoms with Crippen molar-refractivity contribution in [3.8, 4) is 0 Å². The number of halogens is 1. The van der Waals surface area contributed by atoms with Crippen LogP contribution in [-0.4, -0.2) is 136 Å². The third-order valence-corrected chi connectivity index (χ3v) is 16.5. The minimum Gasteiger partial charge on any atom is -0.457 e. The summed E-state index contributed by atoms with van der Waals surface area (Å²) in [6.45, 7) is 5.85. The Morgan fingerprint density at radius 1 is 1.12 bits per heavy atom. The van der Waals surface area contributed by atoms with E-state index in [1.807, 2.05) is 6.92 Å². The number of hydrogen-bond acceptors (Lipinski definition) is 14. The Labute approximate surface area is 407 Å². The van der Waals surface area contributed by atoms with Crippen molar-refractivity contribution in [3.05, 3.63) is 52.1 Å². The molecule has 17 nitrogen and oxygen atoms in total. The van der Waals surface area contributed by atoms with E-state index < -0.39 is 102 Å². The quantitative estimate of drug-likeness (QED) is 0.112. The minimum atomic E-state index is -1.91. The Morgan fingerprint density at radius 3 is 2.49 bits per heavy atom. The lowest BCUT2D eigenvalue weighted by Gasteiger charge is -2.42. The molecule has 68 heavy (non-hydrogen) atoms. The number of alkyl carbamates (subject to hydrolysis) is 1. The monoisotopic (exact) mass is 986 g/mol. The van der Waals surface area contributed by atoms with E-state index in [1.54, 1.807) is 51.3 Å². The molecule has 0 aromatic heterocycles. The highest BCUT2D eigenvalue weighted by molar-refractivity contribution is 8.00. The number of hydrogen-bond donors (Lipinski definition) is 5. The molecule has 0 spiro atoms. The van der Waals surface area contributed by atoms with Gasteiger partial charge in [-0.2, -0.15) is 0 Å². The molecule has 4 bridgehead atoms. The number of aliphatic hydroxyl groups excluding tert-OH is 2. The van der Waals surface area contributed by atoms with E-state index in [1.165, 1.54) is 42.6 Å². The van der Waals surface area contributed by atoms with Crippen LogP contribution in [0.2, 0.25) is 5.02 Å². The Hall–Kier alpha value is -4.33. The average Bonchev–Trinajstić information content (AvgIpc) is 3.94. The topological polar surface area (TPSA) is 242 Å². The molecule has 3 aliphatic heterocycles. The first-order valence-corrected chi connectivity index (χ1v) is 24.9. The largest absolute Gasteiger partial charge is 0.457 e. The summed E-state index contributed by atoms with van der Waals surface area (Å²) in [6.07, 6.45) is 4.62. The zero-order chi connectivity index (χ0) is 49.8. The number of fused-ring (bicyclic) bond motifs is 5. The number of likely N-dealkylation sites (N-methyl/N-ethyl adjacent to an activating group) is 1. The summed E-state index contributed by atoms with van der Waals surface area (Å²) in [7, 11) is 4.60. The Balaban J connectivity index is 1.15. The van der Waals surface area contributed by atoms with Gasteiger partial charge in [-0.15, -0.1) is 11.8 Å². The van der Waals surface area contributed by atoms with Crippen LogP contribution in [-0.2, 0) is 56.0 Å². The van der Waals surface area contributed by atoms with Crippen molar-refractivity contribution in [3.63, 3.8) is 0 Å². The van der Waals surface area contributed by atoms with Crippen molar-refractivity contribution in [1.29, 1.82) is 0 Å². The standard InChI is InChI=1S/C49H67ClN4O13S/c1-26-9-8-10-33(25-56)49(64)23-37(65-47(63)52-49)27(2)44-48(4,67-44)39(22-41(59)54(7)35-20-30(17-26)18-32(24-55)42(35)50)66-46(62)28(3)53(6)40(58)15-16-68-38-21-36(57)34(43(38)60)19-29-11-13-31(14-12-29)45(61)51-5/h8-10,18,20,27-29,31,33-34,37-39,44,55-56,64H,11-17,19,21-25H2,1-7H3,(H,51,61)(H,52,63)/b10-8+,26-9+/t27-,28+,29?,31?,33+,34?,37+,38?,39+,44+,48+,49+/m1/s1. The van der Waals surface area contributed by atoms with E-state index in [0.29, 0.717) is 24.1 Å². The molecule has 374 valence electrons. The second-order valence-electron chi connectivity index (χ2n) is 19.5. The number of thioether (sulfide) groups is 1. The van der Waals surface area contributed by atoms with Gasteiger partial charge in [0, 0.05) is 63.9 Å². The third kappa shape index (κ3) is 11.8. The highest BCUT2D eigenvalue weighted by Gasteiger charge is 2.64. The number of ether oxygens (including phenoxy) is 3. The third-order valence-electron chi connectivity index (χ3n) is 14.8. The fourth-order valence-electron chi connectivity index (χ4n) is 10.2. The van der Waals surface area contributed by atoms with Crippen LogP contribution in [0.3, 0.4) is 0 Å². The summed E-state index contributed by atoms with van der Waals surface area (Å²) in [5.41, 5.74) is -0.966. The lowest BCUT2D eigenvalue weighted by atomic mass is 9.77. The number of nitrogens with one attached hydrogen (secondary N) is 2. The lowest BCUT2D eigenvalue weighted by molar-refractivity contribution is -0.162. The molecule has 0 radical (unpaired) electrons. The predicted molar refractivity (Wildman–Crippen MR) is 253 cm³/mol. The summed E-state index contributed by atoms with van der Waals surface area (Å²) in [5.74, 6) is -3.79. The molecular weight excluding hydrogens is 920 g/mol. The van der Waals surface area contributed by atoms with E-state index in [2.05, 4.69) is 10.6 Å². The summed E-state index contributed by atoms with van der Waals surface area (Å²) in [5, 5.41) is 37.2. The van der Waals surface area contributed by atoms with Crippen molar-refractivity contribution in [2.45, 2.75) is 139 Å². The number of anilines is 1. The summed E-state index contributed by atoms with van der Waals surface area (Å²) >= 11 is 8.02. The molecule has 10 atom stereocenters. The van der Waals surface area contributed by atoms with Gasteiger partial charge in [0.1, 0.15) is 29.6 Å². The molecule has 5 N–H and O–H groups in total. The first-order chi connectivity index (χ1) is 32.1. The number of Topliss-reactive ketones (excluding diaryl/α,β-unsaturated/α-hetero) is 2. The molecule has 6 rings (SSSR count). The van der Waals surface area contributed by atoms with Crippen molar-refractivity contribution in [2.24, 2.45) is 29.6 Å². The highest BCUT2D eigenvalue weighted by atomic mass is 35.5. The second kappa shape index (κ2) is 22.2. The Kier molecular flexibility index (Phi) is 17.3. The molecule has 2 unspecified atom stereocenters. The molecule has 1 aromatic rings. The second-order valence-corrected chi connectivity index (χ2v) is 21.1. The molecule has 1 aromatic carbocycles. The molecule has 2 aliphatic carbocycles. The smallest absolute Gasteiger partial charge is 0.409 e. The van der Waals surface area contributed by atoms with Gasteiger partial charge in [0.05, 0.1) is 47.6 Å². The van der Waals surface area contributed by atoms with E-state index in [0.717, 1.165) is 36.8 Å². The number of nitrogens with zero attached hydrogens (tertiary/aromatic N) is 2. The van der Waals surface area contributed by atoms with Gasteiger partial charge in [-0.3, -0.25) is 29.3 Å². The molecule has 4 amide bonds. The normalized spacial score (nSPS) is 33.8. The Morgan fingerprint density at radius 2 is 1.82 bits per heavy atom. The van der Waals surface area contributed by atoms with Gasteiger partial charge in [0.2, 0.25) is 17.7 Å². The SMILES string of the molecule is CNC(=O)C1CCC(CC2C(=O)CC(SCCC(=O)N(C)[C@@H](C)C(=O)O[C@H]3CC(=O)N(C)c4cc(cc(CO)c4Cl)C/C(C)=C/C=C/[C@@H](CO)[C@@]4(O)C[C@H](OC(=O)N4)[C@@H](C)[C@@H]4O[C@@]34C)C2=O)CC1. The molecule has 19 heteroatoms. The van der Waals surface area contributed by atoms with Gasteiger partial charge >= 0.3 is 12.1 Å². The summed E-state index contributed by atoms with van der Waals surface area (Å²) in [4.78, 5) is 95.9. The number of allylic oxidation sites excluding steroid dienone is 3. The van der Waals surface area contributed by atoms with Crippen molar-refractivity contribution >= 4 is 70.4 Å². The first kappa shape index (κ1) is 53.0. The van der Waals surface area contributed by atoms with Gasteiger partial charge < -0.3 is 44.6 Å². The fraction of sp³-hybridized carbons (Fsp3) is 0.653.